The molecule has 0 radical (unpaired) electrons. The lowest BCUT2D eigenvalue weighted by Gasteiger charge is -2.18. The van der Waals surface area contributed by atoms with Crippen LogP contribution in [-0.4, -0.2) is 32.1 Å². The fraction of sp³-hybridized carbons (Fsp3) is 0.333. The van der Waals surface area contributed by atoms with Gasteiger partial charge in [0.1, 0.15) is 11.6 Å². The van der Waals surface area contributed by atoms with E-state index in [2.05, 4.69) is 20.6 Å². The van der Waals surface area contributed by atoms with Crippen molar-refractivity contribution in [2.45, 2.75) is 19.3 Å². The average molecular weight is 383 g/mol. The molecule has 1 aromatic carbocycles. The Morgan fingerprint density at radius 2 is 1.78 bits per heavy atom. The van der Waals surface area contributed by atoms with Crippen molar-refractivity contribution < 1.29 is 17.6 Å². The number of nitrogens with zero attached hydrogens (tertiary/aromatic N) is 3. The number of nitrogens with one attached hydrogen (secondary N) is 2. The standard InChI is InChI=1S/C18H21F4N5/c1-23-17(26-11-13-5-4-8-24-16(13)27(2)3)25-10-12-6-7-14(19)9-15(12)18(20,21)22/h4-9H,10-11H2,1-3H3,(H2,23,25,26). The molecule has 1 aromatic heterocycles. The Morgan fingerprint density at radius 3 is 2.37 bits per heavy atom. The molecule has 2 rings (SSSR count). The normalized spacial score (nSPS) is 12.0. The number of aliphatic imine (C=N–C) groups is 1. The van der Waals surface area contributed by atoms with Crippen LogP contribution in [0.3, 0.4) is 0 Å². The van der Waals surface area contributed by atoms with Crippen molar-refractivity contribution in [3.63, 3.8) is 0 Å². The SMILES string of the molecule is CN=C(NCc1ccc(F)cc1C(F)(F)F)NCc1cccnc1N(C)C. The number of hydrogen-bond acceptors (Lipinski definition) is 3. The first kappa shape index (κ1) is 20.5. The van der Waals surface area contributed by atoms with Crippen LogP contribution in [0.2, 0.25) is 0 Å². The van der Waals surface area contributed by atoms with Gasteiger partial charge in [-0.25, -0.2) is 9.37 Å². The molecule has 27 heavy (non-hydrogen) atoms. The molecule has 146 valence electrons. The van der Waals surface area contributed by atoms with Gasteiger partial charge < -0.3 is 15.5 Å². The van der Waals surface area contributed by atoms with Crippen LogP contribution in [0.15, 0.2) is 41.5 Å². The van der Waals surface area contributed by atoms with Gasteiger partial charge in [-0.3, -0.25) is 4.99 Å². The minimum Gasteiger partial charge on any atom is -0.362 e. The van der Waals surface area contributed by atoms with E-state index >= 15 is 0 Å². The zero-order chi connectivity index (χ0) is 20.0. The molecule has 0 spiro atoms. The van der Waals surface area contributed by atoms with Gasteiger partial charge >= 0.3 is 6.18 Å². The summed E-state index contributed by atoms with van der Waals surface area (Å²) in [5.41, 5.74) is -0.168. The van der Waals surface area contributed by atoms with E-state index < -0.39 is 17.6 Å². The van der Waals surface area contributed by atoms with E-state index in [4.69, 9.17) is 0 Å². The first-order valence-corrected chi connectivity index (χ1v) is 8.13. The van der Waals surface area contributed by atoms with Crippen molar-refractivity contribution >= 4 is 11.8 Å². The van der Waals surface area contributed by atoms with Crippen LogP contribution in [0.25, 0.3) is 0 Å². The van der Waals surface area contributed by atoms with Crippen LogP contribution in [0.1, 0.15) is 16.7 Å². The van der Waals surface area contributed by atoms with Gasteiger partial charge in [0.25, 0.3) is 0 Å². The topological polar surface area (TPSA) is 52.6 Å². The van der Waals surface area contributed by atoms with Gasteiger partial charge in [0.15, 0.2) is 5.96 Å². The molecular formula is C18H21F4N5. The molecular weight excluding hydrogens is 362 g/mol. The van der Waals surface area contributed by atoms with Crippen LogP contribution in [-0.2, 0) is 19.3 Å². The number of aromatic nitrogens is 1. The lowest BCUT2D eigenvalue weighted by molar-refractivity contribution is -0.138. The Hall–Kier alpha value is -2.84. The minimum atomic E-state index is -4.63. The van der Waals surface area contributed by atoms with Crippen LogP contribution in [0.4, 0.5) is 23.4 Å². The highest BCUT2D eigenvalue weighted by Gasteiger charge is 2.33. The third-order valence-corrected chi connectivity index (χ3v) is 3.78. The minimum absolute atomic E-state index is 0.0674. The molecule has 2 N–H and O–H groups in total. The smallest absolute Gasteiger partial charge is 0.362 e. The van der Waals surface area contributed by atoms with Crippen LogP contribution < -0.4 is 15.5 Å². The maximum absolute atomic E-state index is 13.2. The number of pyridine rings is 1. The molecule has 0 aliphatic heterocycles. The van der Waals surface area contributed by atoms with E-state index in [9.17, 15) is 17.6 Å². The predicted octanol–water partition coefficient (Wildman–Crippen LogP) is 3.17. The Balaban J connectivity index is 2.06. The van der Waals surface area contributed by atoms with Crippen LogP contribution in [0, 0.1) is 5.82 Å². The summed E-state index contributed by atoms with van der Waals surface area (Å²) < 4.78 is 52.4. The van der Waals surface area contributed by atoms with E-state index in [0.717, 1.165) is 23.5 Å². The highest BCUT2D eigenvalue weighted by molar-refractivity contribution is 5.79. The van der Waals surface area contributed by atoms with Crippen molar-refractivity contribution in [3.05, 3.63) is 59.0 Å². The molecule has 0 amide bonds. The summed E-state index contributed by atoms with van der Waals surface area (Å²) in [5, 5.41) is 5.86. The first-order chi connectivity index (χ1) is 12.7. The second-order valence-corrected chi connectivity index (χ2v) is 5.96. The highest BCUT2D eigenvalue weighted by Crippen LogP contribution is 2.32. The monoisotopic (exact) mass is 383 g/mol. The maximum atomic E-state index is 13.2. The van der Waals surface area contributed by atoms with Gasteiger partial charge in [-0.2, -0.15) is 13.2 Å². The summed E-state index contributed by atoms with van der Waals surface area (Å²) in [6.07, 6.45) is -2.95. The fourth-order valence-electron chi connectivity index (χ4n) is 2.52. The fourth-order valence-corrected chi connectivity index (χ4v) is 2.52. The average Bonchev–Trinajstić information content (AvgIpc) is 2.62. The Bertz CT molecular complexity index is 803. The van der Waals surface area contributed by atoms with E-state index in [0.29, 0.717) is 18.6 Å². The summed E-state index contributed by atoms with van der Waals surface area (Å²) in [5.74, 6) is 0.167. The summed E-state index contributed by atoms with van der Waals surface area (Å²) in [6.45, 7) is 0.235. The van der Waals surface area contributed by atoms with Crippen molar-refractivity contribution in [2.24, 2.45) is 4.99 Å². The summed E-state index contributed by atoms with van der Waals surface area (Å²) in [7, 11) is 5.25. The molecule has 0 saturated heterocycles. The first-order valence-electron chi connectivity index (χ1n) is 8.13. The van der Waals surface area contributed by atoms with Gasteiger partial charge in [-0.15, -0.1) is 0 Å². The number of guanidine groups is 1. The molecule has 0 unspecified atom stereocenters. The van der Waals surface area contributed by atoms with E-state index in [1.165, 1.54) is 7.05 Å². The molecule has 5 nitrogen and oxygen atoms in total. The summed E-state index contributed by atoms with van der Waals surface area (Å²) in [4.78, 5) is 10.2. The molecule has 0 atom stereocenters. The quantitative estimate of drug-likeness (QED) is 0.473. The number of halogens is 4. The number of anilines is 1. The Morgan fingerprint density at radius 1 is 1.11 bits per heavy atom. The van der Waals surface area contributed by atoms with Gasteiger partial charge in [0.05, 0.1) is 5.56 Å². The number of alkyl halides is 3. The van der Waals surface area contributed by atoms with Crippen molar-refractivity contribution in [1.29, 1.82) is 0 Å². The van der Waals surface area contributed by atoms with E-state index in [1.807, 2.05) is 25.1 Å². The van der Waals surface area contributed by atoms with Gasteiger partial charge in [-0.05, 0) is 23.8 Å². The summed E-state index contributed by atoms with van der Waals surface area (Å²) >= 11 is 0. The van der Waals surface area contributed by atoms with Gasteiger partial charge in [-0.1, -0.05) is 12.1 Å². The van der Waals surface area contributed by atoms with Crippen molar-refractivity contribution in [1.82, 2.24) is 15.6 Å². The third-order valence-electron chi connectivity index (χ3n) is 3.78. The molecule has 0 saturated carbocycles. The van der Waals surface area contributed by atoms with Crippen LogP contribution >= 0.6 is 0 Å². The van der Waals surface area contributed by atoms with Crippen LogP contribution in [0.5, 0.6) is 0 Å². The van der Waals surface area contributed by atoms with E-state index in [-0.39, 0.29) is 12.1 Å². The molecule has 9 heteroatoms. The molecule has 1 heterocycles. The van der Waals surface area contributed by atoms with E-state index in [1.54, 1.807) is 12.3 Å². The lowest BCUT2D eigenvalue weighted by Crippen LogP contribution is -2.37. The highest BCUT2D eigenvalue weighted by atomic mass is 19.4. The van der Waals surface area contributed by atoms with Gasteiger partial charge in [0.2, 0.25) is 0 Å². The third kappa shape index (κ3) is 5.57. The molecule has 0 fully saturated rings. The second kappa shape index (κ2) is 8.70. The lowest BCUT2D eigenvalue weighted by atomic mass is 10.1. The summed E-state index contributed by atoms with van der Waals surface area (Å²) in [6, 6.07) is 6.30. The number of benzene rings is 1. The zero-order valence-corrected chi connectivity index (χ0v) is 15.2. The predicted molar refractivity (Wildman–Crippen MR) is 97.0 cm³/mol. The Kier molecular flexibility index (Phi) is 6.59. The zero-order valence-electron chi connectivity index (χ0n) is 15.2. The van der Waals surface area contributed by atoms with Crippen molar-refractivity contribution in [3.8, 4) is 0 Å². The number of hydrogen-bond donors (Lipinski definition) is 2. The second-order valence-electron chi connectivity index (χ2n) is 5.96. The van der Waals surface area contributed by atoms with Crippen molar-refractivity contribution in [2.75, 3.05) is 26.0 Å². The molecule has 0 aliphatic carbocycles. The molecule has 0 aliphatic rings. The maximum Gasteiger partial charge on any atom is 0.416 e. The Labute approximate surface area is 155 Å². The van der Waals surface area contributed by atoms with Gasteiger partial charge in [0, 0.05) is 46.0 Å². The number of rotatable bonds is 5. The molecule has 0 bridgehead atoms. The largest absolute Gasteiger partial charge is 0.416 e. The molecule has 2 aromatic rings.